The fraction of sp³-hybridized carbons (Fsp3) is 0.136. The van der Waals surface area contributed by atoms with Gasteiger partial charge in [-0.05, 0) is 48.0 Å². The molecule has 2 aromatic heterocycles. The van der Waals surface area contributed by atoms with Crippen LogP contribution in [0.15, 0.2) is 65.3 Å². The normalized spacial score (nSPS) is 10.8. The maximum absolute atomic E-state index is 14.0. The zero-order chi connectivity index (χ0) is 21.8. The summed E-state index contributed by atoms with van der Waals surface area (Å²) in [6.07, 6.45) is 1.71. The quantitative estimate of drug-likeness (QED) is 0.488. The fourth-order valence-electron chi connectivity index (χ4n) is 3.01. The van der Waals surface area contributed by atoms with Crippen LogP contribution in [0.2, 0.25) is 0 Å². The van der Waals surface area contributed by atoms with Crippen molar-refractivity contribution in [1.82, 2.24) is 20.0 Å². The number of hydrogen-bond donors (Lipinski definition) is 1. The van der Waals surface area contributed by atoms with Gasteiger partial charge in [-0.3, -0.25) is 4.79 Å². The highest BCUT2D eigenvalue weighted by molar-refractivity contribution is 5.76. The molecule has 0 atom stereocenters. The van der Waals surface area contributed by atoms with Crippen molar-refractivity contribution in [3.05, 3.63) is 78.0 Å². The Bertz CT molecular complexity index is 1200. The molecule has 2 heterocycles. The SMILES string of the molecule is COc1ccc(-c2noc(-c3cccn3CC(=O)NCc3ccc(F)cc3)n2)cc1F. The molecule has 1 amide bonds. The van der Waals surface area contributed by atoms with Gasteiger partial charge < -0.3 is 19.1 Å². The van der Waals surface area contributed by atoms with Crippen LogP contribution in [-0.4, -0.2) is 27.7 Å². The lowest BCUT2D eigenvalue weighted by Crippen LogP contribution is -2.27. The van der Waals surface area contributed by atoms with Crippen LogP contribution in [-0.2, 0) is 17.9 Å². The summed E-state index contributed by atoms with van der Waals surface area (Å²) in [4.78, 5) is 16.6. The molecule has 158 valence electrons. The van der Waals surface area contributed by atoms with Gasteiger partial charge >= 0.3 is 0 Å². The van der Waals surface area contributed by atoms with Crippen molar-refractivity contribution < 1.29 is 22.8 Å². The minimum absolute atomic E-state index is 0.0262. The maximum Gasteiger partial charge on any atom is 0.274 e. The Morgan fingerprint density at radius 2 is 1.97 bits per heavy atom. The predicted molar refractivity (Wildman–Crippen MR) is 108 cm³/mol. The van der Waals surface area contributed by atoms with E-state index in [4.69, 9.17) is 9.26 Å². The lowest BCUT2D eigenvalue weighted by Gasteiger charge is -2.08. The van der Waals surface area contributed by atoms with Gasteiger partial charge in [0.05, 0.1) is 7.11 Å². The van der Waals surface area contributed by atoms with Crippen LogP contribution in [0.25, 0.3) is 23.0 Å². The molecule has 0 bridgehead atoms. The summed E-state index contributed by atoms with van der Waals surface area (Å²) in [5.74, 6) is -0.574. The Morgan fingerprint density at radius 3 is 2.71 bits per heavy atom. The number of nitrogens with zero attached hydrogens (tertiary/aromatic N) is 3. The van der Waals surface area contributed by atoms with E-state index >= 15 is 0 Å². The predicted octanol–water partition coefficient (Wildman–Crippen LogP) is 3.81. The number of carbonyl (C=O) groups is 1. The molecule has 0 radical (unpaired) electrons. The van der Waals surface area contributed by atoms with E-state index in [9.17, 15) is 13.6 Å². The molecule has 0 aliphatic carbocycles. The highest BCUT2D eigenvalue weighted by Crippen LogP contribution is 2.26. The zero-order valence-electron chi connectivity index (χ0n) is 16.5. The highest BCUT2D eigenvalue weighted by Gasteiger charge is 2.16. The number of rotatable bonds is 7. The summed E-state index contributed by atoms with van der Waals surface area (Å²) in [5.41, 5.74) is 1.77. The molecule has 31 heavy (non-hydrogen) atoms. The Kier molecular flexibility index (Phi) is 5.74. The molecule has 4 rings (SSSR count). The first-order chi connectivity index (χ1) is 15.0. The van der Waals surface area contributed by atoms with Crippen molar-refractivity contribution in [2.45, 2.75) is 13.1 Å². The standard InChI is InChI=1S/C22H18F2N4O3/c1-30-19-9-6-15(11-17(19)24)21-26-22(31-27-21)18-3-2-10-28(18)13-20(29)25-12-14-4-7-16(23)8-5-14/h2-11H,12-13H2,1H3,(H,25,29). The molecule has 0 aliphatic heterocycles. The number of amides is 1. The van der Waals surface area contributed by atoms with Gasteiger partial charge in [-0.25, -0.2) is 8.78 Å². The average molecular weight is 424 g/mol. The number of methoxy groups -OCH3 is 1. The molecule has 7 nitrogen and oxygen atoms in total. The van der Waals surface area contributed by atoms with Gasteiger partial charge in [-0.15, -0.1) is 0 Å². The largest absolute Gasteiger partial charge is 0.494 e. The Balaban J connectivity index is 1.45. The van der Waals surface area contributed by atoms with Crippen LogP contribution in [0.5, 0.6) is 5.75 Å². The fourth-order valence-corrected chi connectivity index (χ4v) is 3.01. The molecule has 0 aliphatic rings. The second kappa shape index (κ2) is 8.78. The van der Waals surface area contributed by atoms with Gasteiger partial charge in [0, 0.05) is 18.3 Å². The number of halogens is 2. The number of nitrogens with one attached hydrogen (secondary N) is 1. The Morgan fingerprint density at radius 1 is 1.16 bits per heavy atom. The molecule has 0 unspecified atom stereocenters. The minimum Gasteiger partial charge on any atom is -0.494 e. The summed E-state index contributed by atoms with van der Waals surface area (Å²) >= 11 is 0. The van der Waals surface area contributed by atoms with E-state index in [1.807, 2.05) is 0 Å². The monoisotopic (exact) mass is 424 g/mol. The second-order valence-electron chi connectivity index (χ2n) is 6.70. The summed E-state index contributed by atoms with van der Waals surface area (Å²) in [5, 5.41) is 6.69. The van der Waals surface area contributed by atoms with Crippen LogP contribution in [0.1, 0.15) is 5.56 Å². The van der Waals surface area contributed by atoms with Crippen LogP contribution in [0.4, 0.5) is 8.78 Å². The number of benzene rings is 2. The highest BCUT2D eigenvalue weighted by atomic mass is 19.1. The molecule has 9 heteroatoms. The van der Waals surface area contributed by atoms with Gasteiger partial charge in [0.25, 0.3) is 5.89 Å². The Hall–Kier alpha value is -4.01. The first-order valence-electron chi connectivity index (χ1n) is 9.38. The van der Waals surface area contributed by atoms with Crippen LogP contribution >= 0.6 is 0 Å². The van der Waals surface area contributed by atoms with Gasteiger partial charge in [-0.2, -0.15) is 4.98 Å². The van der Waals surface area contributed by atoms with E-state index < -0.39 is 5.82 Å². The summed E-state index contributed by atoms with van der Waals surface area (Å²) < 4.78 is 38.8. The van der Waals surface area contributed by atoms with Crippen molar-refractivity contribution in [2.24, 2.45) is 0 Å². The van der Waals surface area contributed by atoms with Crippen molar-refractivity contribution in [1.29, 1.82) is 0 Å². The number of ether oxygens (including phenoxy) is 1. The lowest BCUT2D eigenvalue weighted by atomic mass is 10.2. The van der Waals surface area contributed by atoms with Gasteiger partial charge in [0.1, 0.15) is 18.1 Å². The summed E-state index contributed by atoms with van der Waals surface area (Å²) in [6, 6.07) is 13.7. The maximum atomic E-state index is 14.0. The number of carbonyl (C=O) groups excluding carboxylic acids is 1. The third kappa shape index (κ3) is 4.61. The van der Waals surface area contributed by atoms with Gasteiger partial charge in [0.2, 0.25) is 11.7 Å². The van der Waals surface area contributed by atoms with Crippen molar-refractivity contribution in [3.8, 4) is 28.7 Å². The van der Waals surface area contributed by atoms with Crippen LogP contribution in [0.3, 0.4) is 0 Å². The summed E-state index contributed by atoms with van der Waals surface area (Å²) in [7, 11) is 1.38. The topological polar surface area (TPSA) is 82.2 Å². The Labute approximate surface area is 176 Å². The number of aromatic nitrogens is 3. The van der Waals surface area contributed by atoms with E-state index in [-0.39, 0.29) is 42.3 Å². The molecule has 0 fully saturated rings. The molecule has 0 saturated carbocycles. The molecular weight excluding hydrogens is 406 g/mol. The van der Waals surface area contributed by atoms with E-state index in [1.54, 1.807) is 41.1 Å². The van der Waals surface area contributed by atoms with Gasteiger partial charge in [-0.1, -0.05) is 17.3 Å². The molecule has 0 spiro atoms. The molecule has 1 N–H and O–H groups in total. The molecule has 2 aromatic carbocycles. The van der Waals surface area contributed by atoms with E-state index in [1.165, 1.54) is 31.4 Å². The molecule has 4 aromatic rings. The minimum atomic E-state index is -0.535. The zero-order valence-corrected chi connectivity index (χ0v) is 16.5. The van der Waals surface area contributed by atoms with E-state index in [2.05, 4.69) is 15.5 Å². The van der Waals surface area contributed by atoms with Crippen molar-refractivity contribution in [2.75, 3.05) is 7.11 Å². The first-order valence-corrected chi connectivity index (χ1v) is 9.38. The summed E-state index contributed by atoms with van der Waals surface area (Å²) in [6.45, 7) is 0.307. The lowest BCUT2D eigenvalue weighted by molar-refractivity contribution is -0.121. The van der Waals surface area contributed by atoms with E-state index in [0.29, 0.717) is 11.3 Å². The van der Waals surface area contributed by atoms with Crippen LogP contribution < -0.4 is 10.1 Å². The molecular formula is C22H18F2N4O3. The number of hydrogen-bond acceptors (Lipinski definition) is 5. The van der Waals surface area contributed by atoms with Crippen molar-refractivity contribution in [3.63, 3.8) is 0 Å². The van der Waals surface area contributed by atoms with Crippen molar-refractivity contribution >= 4 is 5.91 Å². The third-order valence-electron chi connectivity index (χ3n) is 4.60. The van der Waals surface area contributed by atoms with Gasteiger partial charge in [0.15, 0.2) is 11.6 Å². The van der Waals surface area contributed by atoms with E-state index in [0.717, 1.165) is 5.56 Å². The van der Waals surface area contributed by atoms with Crippen LogP contribution in [0, 0.1) is 11.6 Å². The molecule has 0 saturated heterocycles. The third-order valence-corrected chi connectivity index (χ3v) is 4.60. The average Bonchev–Trinajstić information content (AvgIpc) is 3.43. The second-order valence-corrected chi connectivity index (χ2v) is 6.70. The first kappa shape index (κ1) is 20.3. The smallest absolute Gasteiger partial charge is 0.274 e.